The molecule has 1 unspecified atom stereocenters. The smallest absolute Gasteiger partial charge is 0.338 e. The zero-order valence-corrected chi connectivity index (χ0v) is 17.3. The van der Waals surface area contributed by atoms with Gasteiger partial charge in [0.25, 0.3) is 0 Å². The monoisotopic (exact) mass is 421 g/mol. The Morgan fingerprint density at radius 1 is 1.00 bits per heavy atom. The van der Waals surface area contributed by atoms with E-state index in [1.54, 1.807) is 30.3 Å². The maximum Gasteiger partial charge on any atom is 0.338 e. The minimum Gasteiger partial charge on any atom is -0.459 e. The molecular formula is C24H23NO4S. The normalized spacial score (nSPS) is 16.9. The first-order valence-corrected chi connectivity index (χ1v) is 10.8. The third kappa shape index (κ3) is 5.02. The van der Waals surface area contributed by atoms with Gasteiger partial charge in [0.1, 0.15) is 12.7 Å². The number of hydrogen-bond donors (Lipinski definition) is 0. The maximum absolute atomic E-state index is 12.7. The Morgan fingerprint density at radius 2 is 1.77 bits per heavy atom. The van der Waals surface area contributed by atoms with E-state index in [0.717, 1.165) is 13.1 Å². The first-order chi connectivity index (χ1) is 14.7. The quantitative estimate of drug-likeness (QED) is 0.426. The predicted molar refractivity (Wildman–Crippen MR) is 116 cm³/mol. The molecule has 0 saturated carbocycles. The second-order valence-corrected chi connectivity index (χ2v) is 8.11. The second-order valence-electron chi connectivity index (χ2n) is 7.16. The van der Waals surface area contributed by atoms with Crippen LogP contribution < -0.4 is 0 Å². The van der Waals surface area contributed by atoms with Crippen molar-refractivity contribution in [1.82, 2.24) is 4.90 Å². The number of carbonyl (C=O) groups excluding carboxylic acids is 2. The van der Waals surface area contributed by atoms with Crippen LogP contribution in [-0.2, 0) is 16.0 Å². The third-order valence-corrected chi connectivity index (χ3v) is 5.88. The fraction of sp³-hybridized carbons (Fsp3) is 0.250. The molecule has 1 aromatic heterocycles. The molecule has 0 N–H and O–H groups in total. The van der Waals surface area contributed by atoms with Crippen LogP contribution in [0.2, 0.25) is 0 Å². The Balaban J connectivity index is 1.36. The van der Waals surface area contributed by atoms with E-state index >= 15 is 0 Å². The van der Waals surface area contributed by atoms with Gasteiger partial charge in [-0.1, -0.05) is 54.6 Å². The molecule has 4 rings (SSSR count). The minimum atomic E-state index is -0.501. The van der Waals surface area contributed by atoms with E-state index in [2.05, 4.69) is 17.0 Å². The first-order valence-electron chi connectivity index (χ1n) is 9.93. The van der Waals surface area contributed by atoms with E-state index < -0.39 is 5.97 Å². The van der Waals surface area contributed by atoms with Gasteiger partial charge in [-0.05, 0) is 23.1 Å². The lowest BCUT2D eigenvalue weighted by Crippen LogP contribution is -2.44. The molecule has 30 heavy (non-hydrogen) atoms. The van der Waals surface area contributed by atoms with Gasteiger partial charge in [-0.25, -0.2) is 4.79 Å². The topological polar surface area (TPSA) is 55.8 Å². The molecule has 154 valence electrons. The maximum atomic E-state index is 12.7. The van der Waals surface area contributed by atoms with Crippen molar-refractivity contribution in [2.24, 2.45) is 0 Å². The number of ketones is 1. The summed E-state index contributed by atoms with van der Waals surface area (Å²) < 4.78 is 11.3. The molecule has 0 bridgehead atoms. The number of carbonyl (C=O) groups is 2. The summed E-state index contributed by atoms with van der Waals surface area (Å²) in [7, 11) is 0. The molecule has 3 aromatic rings. The molecule has 1 atom stereocenters. The first kappa shape index (κ1) is 20.5. The highest BCUT2D eigenvalue weighted by molar-refractivity contribution is 7.12. The van der Waals surface area contributed by atoms with Crippen molar-refractivity contribution in [3.63, 3.8) is 0 Å². The van der Waals surface area contributed by atoms with Crippen molar-refractivity contribution < 1.29 is 19.1 Å². The molecule has 1 saturated heterocycles. The average Bonchev–Trinajstić information content (AvgIpc) is 3.33. The van der Waals surface area contributed by atoms with E-state index in [9.17, 15) is 9.59 Å². The van der Waals surface area contributed by atoms with E-state index in [0.29, 0.717) is 23.6 Å². The summed E-state index contributed by atoms with van der Waals surface area (Å²) in [5, 5.41) is 1.84. The summed E-state index contributed by atoms with van der Waals surface area (Å²) in [5.41, 5.74) is 1.89. The molecule has 0 spiro atoms. The van der Waals surface area contributed by atoms with Gasteiger partial charge < -0.3 is 9.47 Å². The molecular weight excluding hydrogens is 398 g/mol. The van der Waals surface area contributed by atoms with Crippen molar-refractivity contribution >= 4 is 23.1 Å². The van der Waals surface area contributed by atoms with Gasteiger partial charge in [0, 0.05) is 25.2 Å². The number of esters is 1. The Hall–Kier alpha value is -2.80. The summed E-state index contributed by atoms with van der Waals surface area (Å²) in [5.74, 6) is -0.667. The molecule has 6 heteroatoms. The third-order valence-electron chi connectivity index (χ3n) is 5.01. The highest BCUT2D eigenvalue weighted by Gasteiger charge is 2.24. The van der Waals surface area contributed by atoms with Crippen LogP contribution in [0.25, 0.3) is 0 Å². The summed E-state index contributed by atoms with van der Waals surface area (Å²) in [6.07, 6.45) is -0.188. The SMILES string of the molecule is O=C(OCC1CN(Cc2ccccc2)CCO1)c1ccccc1C(=O)c1cccs1. The fourth-order valence-electron chi connectivity index (χ4n) is 3.51. The van der Waals surface area contributed by atoms with E-state index in [-0.39, 0.29) is 24.1 Å². The van der Waals surface area contributed by atoms with E-state index in [4.69, 9.17) is 9.47 Å². The molecule has 0 radical (unpaired) electrons. The molecule has 1 aliphatic rings. The average molecular weight is 422 g/mol. The Kier molecular flexibility index (Phi) is 6.69. The van der Waals surface area contributed by atoms with Crippen LogP contribution in [0.5, 0.6) is 0 Å². The fourth-order valence-corrected chi connectivity index (χ4v) is 4.19. The van der Waals surface area contributed by atoms with E-state index in [1.807, 2.05) is 29.6 Å². The van der Waals surface area contributed by atoms with Gasteiger partial charge in [0.15, 0.2) is 0 Å². The van der Waals surface area contributed by atoms with Crippen LogP contribution in [0.1, 0.15) is 31.2 Å². The van der Waals surface area contributed by atoms with Crippen molar-refractivity contribution in [2.45, 2.75) is 12.6 Å². The minimum absolute atomic E-state index is 0.158. The number of hydrogen-bond acceptors (Lipinski definition) is 6. The summed E-state index contributed by atoms with van der Waals surface area (Å²) in [4.78, 5) is 28.3. The zero-order valence-electron chi connectivity index (χ0n) is 16.5. The van der Waals surface area contributed by atoms with Crippen molar-refractivity contribution in [3.05, 3.63) is 93.7 Å². The van der Waals surface area contributed by atoms with Crippen LogP contribution in [0.3, 0.4) is 0 Å². The number of rotatable bonds is 7. The van der Waals surface area contributed by atoms with Crippen LogP contribution in [0, 0.1) is 0 Å². The molecule has 0 aliphatic carbocycles. The van der Waals surface area contributed by atoms with Gasteiger partial charge >= 0.3 is 5.97 Å². The van der Waals surface area contributed by atoms with Gasteiger partial charge in [0.05, 0.1) is 17.0 Å². The number of morpholine rings is 1. The molecule has 1 aliphatic heterocycles. The Labute approximate surface area is 179 Å². The second kappa shape index (κ2) is 9.80. The van der Waals surface area contributed by atoms with Crippen LogP contribution >= 0.6 is 11.3 Å². The van der Waals surface area contributed by atoms with E-state index in [1.165, 1.54) is 16.9 Å². The van der Waals surface area contributed by atoms with Crippen molar-refractivity contribution in [1.29, 1.82) is 0 Å². The molecule has 5 nitrogen and oxygen atoms in total. The van der Waals surface area contributed by atoms with Gasteiger partial charge in [-0.2, -0.15) is 0 Å². The number of benzene rings is 2. The number of thiophene rings is 1. The lowest BCUT2D eigenvalue weighted by atomic mass is 10.0. The lowest BCUT2D eigenvalue weighted by molar-refractivity contribution is -0.0612. The molecule has 0 amide bonds. The van der Waals surface area contributed by atoms with Gasteiger partial charge in [-0.15, -0.1) is 11.3 Å². The summed E-state index contributed by atoms with van der Waals surface area (Å²) in [6.45, 7) is 3.14. The van der Waals surface area contributed by atoms with Gasteiger partial charge in [0.2, 0.25) is 5.78 Å². The Bertz CT molecular complexity index is 987. The standard InChI is InChI=1S/C24H23NO4S/c26-23(22-11-6-14-30-22)20-9-4-5-10-21(20)24(27)29-17-19-16-25(12-13-28-19)15-18-7-2-1-3-8-18/h1-11,14,19H,12-13,15-17H2. The molecule has 2 heterocycles. The van der Waals surface area contributed by atoms with Gasteiger partial charge in [-0.3, -0.25) is 9.69 Å². The van der Waals surface area contributed by atoms with Crippen LogP contribution in [-0.4, -0.2) is 49.1 Å². The Morgan fingerprint density at radius 3 is 2.53 bits per heavy atom. The van der Waals surface area contributed by atoms with Crippen LogP contribution in [0.4, 0.5) is 0 Å². The number of ether oxygens (including phenoxy) is 2. The molecule has 1 fully saturated rings. The lowest BCUT2D eigenvalue weighted by Gasteiger charge is -2.32. The summed E-state index contributed by atoms with van der Waals surface area (Å²) >= 11 is 1.36. The van der Waals surface area contributed by atoms with Crippen molar-refractivity contribution in [3.8, 4) is 0 Å². The van der Waals surface area contributed by atoms with Crippen molar-refractivity contribution in [2.75, 3.05) is 26.3 Å². The summed E-state index contributed by atoms with van der Waals surface area (Å²) in [6, 6.07) is 20.6. The largest absolute Gasteiger partial charge is 0.459 e. The van der Waals surface area contributed by atoms with Crippen LogP contribution in [0.15, 0.2) is 72.1 Å². The number of nitrogens with zero attached hydrogens (tertiary/aromatic N) is 1. The highest BCUT2D eigenvalue weighted by Crippen LogP contribution is 2.19. The zero-order chi connectivity index (χ0) is 20.8. The predicted octanol–water partition coefficient (Wildman–Crippen LogP) is 4.04. The highest BCUT2D eigenvalue weighted by atomic mass is 32.1. The molecule has 2 aromatic carbocycles.